The molecule has 2 rings (SSSR count). The monoisotopic (exact) mass is 293 g/mol. The van der Waals surface area contributed by atoms with Crippen molar-refractivity contribution in [2.75, 3.05) is 6.61 Å². The van der Waals surface area contributed by atoms with Gasteiger partial charge in [0, 0.05) is 13.0 Å². The number of aliphatic hydroxyl groups is 1. The predicted molar refractivity (Wildman–Crippen MR) is 75.1 cm³/mol. The van der Waals surface area contributed by atoms with Gasteiger partial charge in [-0.2, -0.15) is 0 Å². The van der Waals surface area contributed by atoms with Crippen LogP contribution in [0.4, 0.5) is 0 Å². The molecule has 6 nitrogen and oxygen atoms in total. The Balaban J connectivity index is 2.18. The van der Waals surface area contributed by atoms with Gasteiger partial charge in [0.2, 0.25) is 5.91 Å². The second-order valence-electron chi connectivity index (χ2n) is 5.20. The third-order valence-corrected chi connectivity index (χ3v) is 3.83. The summed E-state index contributed by atoms with van der Waals surface area (Å²) in [5.41, 5.74) is 1.52. The molecule has 6 heteroatoms. The Morgan fingerprint density at radius 2 is 2.14 bits per heavy atom. The zero-order valence-electron chi connectivity index (χ0n) is 11.6. The van der Waals surface area contributed by atoms with Crippen molar-refractivity contribution in [1.82, 2.24) is 5.32 Å². The Bertz CT molecular complexity index is 543. The maximum atomic E-state index is 12.3. The van der Waals surface area contributed by atoms with Gasteiger partial charge in [0.1, 0.15) is 11.8 Å². The van der Waals surface area contributed by atoms with Gasteiger partial charge in [-0.3, -0.25) is 4.79 Å². The van der Waals surface area contributed by atoms with Gasteiger partial charge in [-0.25, -0.2) is 4.79 Å². The standard InChI is InChI=1S/C15H19NO5/c17-8-7-12(15(20)21)16-14(19)11-5-1-4-10-9(11)3-2-6-13(10)18/h2-3,6,11-12,17-18H,1,4-5,7-8H2,(H,16,19)(H,20,21)/t11?,12-/m0/s1. The Kier molecular flexibility index (Phi) is 4.80. The van der Waals surface area contributed by atoms with Gasteiger partial charge in [0.05, 0.1) is 5.92 Å². The number of phenolic OH excluding ortho intramolecular Hbond substituents is 1. The number of phenols is 1. The van der Waals surface area contributed by atoms with E-state index in [4.69, 9.17) is 10.2 Å². The molecule has 0 heterocycles. The molecule has 1 aliphatic carbocycles. The first-order chi connectivity index (χ1) is 10.0. The maximum Gasteiger partial charge on any atom is 0.326 e. The lowest BCUT2D eigenvalue weighted by molar-refractivity contribution is -0.142. The summed E-state index contributed by atoms with van der Waals surface area (Å²) < 4.78 is 0. The molecule has 0 bridgehead atoms. The number of nitrogens with one attached hydrogen (secondary N) is 1. The van der Waals surface area contributed by atoms with E-state index in [2.05, 4.69) is 5.32 Å². The van der Waals surface area contributed by atoms with Crippen molar-refractivity contribution in [3.63, 3.8) is 0 Å². The highest BCUT2D eigenvalue weighted by Gasteiger charge is 2.30. The van der Waals surface area contributed by atoms with Crippen LogP contribution in [0.5, 0.6) is 5.75 Å². The van der Waals surface area contributed by atoms with E-state index < -0.39 is 17.9 Å². The predicted octanol–water partition coefficient (Wildman–Crippen LogP) is 0.764. The number of carbonyl (C=O) groups excluding carboxylic acids is 1. The highest BCUT2D eigenvalue weighted by Crippen LogP contribution is 2.36. The Morgan fingerprint density at radius 1 is 1.38 bits per heavy atom. The lowest BCUT2D eigenvalue weighted by Crippen LogP contribution is -2.44. The van der Waals surface area contributed by atoms with E-state index in [0.717, 1.165) is 17.5 Å². The number of hydrogen-bond acceptors (Lipinski definition) is 4. The number of carbonyl (C=O) groups is 2. The minimum Gasteiger partial charge on any atom is -0.508 e. The third kappa shape index (κ3) is 3.33. The fourth-order valence-corrected chi connectivity index (χ4v) is 2.76. The summed E-state index contributed by atoms with van der Waals surface area (Å²) in [5.74, 6) is -1.82. The second-order valence-corrected chi connectivity index (χ2v) is 5.20. The fraction of sp³-hybridized carbons (Fsp3) is 0.467. The molecule has 114 valence electrons. The topological polar surface area (TPSA) is 107 Å². The molecule has 0 fully saturated rings. The first kappa shape index (κ1) is 15.3. The largest absolute Gasteiger partial charge is 0.508 e. The normalized spacial score (nSPS) is 18.6. The van der Waals surface area contributed by atoms with E-state index in [0.29, 0.717) is 12.8 Å². The van der Waals surface area contributed by atoms with E-state index in [9.17, 15) is 14.7 Å². The second kappa shape index (κ2) is 6.58. The molecule has 1 amide bonds. The fourth-order valence-electron chi connectivity index (χ4n) is 2.76. The van der Waals surface area contributed by atoms with Gasteiger partial charge >= 0.3 is 5.97 Å². The Morgan fingerprint density at radius 3 is 2.81 bits per heavy atom. The summed E-state index contributed by atoms with van der Waals surface area (Å²) in [4.78, 5) is 23.4. The van der Waals surface area contributed by atoms with Crippen LogP contribution in [-0.4, -0.2) is 39.8 Å². The van der Waals surface area contributed by atoms with E-state index in [-0.39, 0.29) is 24.7 Å². The molecule has 0 spiro atoms. The first-order valence-corrected chi connectivity index (χ1v) is 6.99. The number of aromatic hydroxyl groups is 1. The van der Waals surface area contributed by atoms with Crippen molar-refractivity contribution >= 4 is 11.9 Å². The third-order valence-electron chi connectivity index (χ3n) is 3.83. The number of aliphatic hydroxyl groups excluding tert-OH is 1. The van der Waals surface area contributed by atoms with E-state index in [1.807, 2.05) is 0 Å². The van der Waals surface area contributed by atoms with Crippen LogP contribution in [0.25, 0.3) is 0 Å². The number of carboxylic acids is 1. The van der Waals surface area contributed by atoms with Crippen molar-refractivity contribution in [2.45, 2.75) is 37.6 Å². The van der Waals surface area contributed by atoms with Crippen LogP contribution in [0.15, 0.2) is 18.2 Å². The molecule has 1 aromatic carbocycles. The highest BCUT2D eigenvalue weighted by molar-refractivity contribution is 5.88. The molecule has 4 N–H and O–H groups in total. The van der Waals surface area contributed by atoms with Gasteiger partial charge in [-0.05, 0) is 36.5 Å². The minimum absolute atomic E-state index is 0.0271. The molecule has 2 atom stereocenters. The molecular formula is C15H19NO5. The van der Waals surface area contributed by atoms with E-state index in [1.54, 1.807) is 18.2 Å². The maximum absolute atomic E-state index is 12.3. The summed E-state index contributed by atoms with van der Waals surface area (Å²) in [6.07, 6.45) is 2.07. The van der Waals surface area contributed by atoms with Crippen LogP contribution < -0.4 is 5.32 Å². The Labute approximate surface area is 122 Å². The quantitative estimate of drug-likeness (QED) is 0.641. The summed E-state index contributed by atoms with van der Waals surface area (Å²) in [5, 5.41) is 30.2. The van der Waals surface area contributed by atoms with Crippen LogP contribution in [0.1, 0.15) is 36.3 Å². The molecule has 1 aliphatic rings. The molecule has 0 saturated heterocycles. The smallest absolute Gasteiger partial charge is 0.326 e. The number of benzene rings is 1. The van der Waals surface area contributed by atoms with Crippen molar-refractivity contribution in [2.24, 2.45) is 0 Å². The molecule has 0 aliphatic heterocycles. The molecule has 1 aromatic rings. The van der Waals surface area contributed by atoms with Gasteiger partial charge in [-0.1, -0.05) is 12.1 Å². The van der Waals surface area contributed by atoms with E-state index >= 15 is 0 Å². The SMILES string of the molecule is O=C(N[C@@H](CCO)C(=O)O)C1CCCc2c(O)cccc21. The lowest BCUT2D eigenvalue weighted by atomic mass is 9.81. The van der Waals surface area contributed by atoms with Crippen LogP contribution in [0, 0.1) is 0 Å². The minimum atomic E-state index is -1.16. The van der Waals surface area contributed by atoms with Gasteiger partial charge in [0.25, 0.3) is 0 Å². The van der Waals surface area contributed by atoms with E-state index in [1.165, 1.54) is 0 Å². The van der Waals surface area contributed by atoms with Crippen molar-refractivity contribution in [1.29, 1.82) is 0 Å². The zero-order valence-corrected chi connectivity index (χ0v) is 11.6. The summed E-state index contributed by atoms with van der Waals surface area (Å²) in [6.45, 7) is -0.306. The van der Waals surface area contributed by atoms with Crippen LogP contribution in [0.3, 0.4) is 0 Å². The average molecular weight is 293 g/mol. The number of amides is 1. The lowest BCUT2D eigenvalue weighted by Gasteiger charge is -2.26. The summed E-state index contributed by atoms with van der Waals surface area (Å²) in [6, 6.07) is 3.97. The van der Waals surface area contributed by atoms with Crippen LogP contribution >= 0.6 is 0 Å². The highest BCUT2D eigenvalue weighted by atomic mass is 16.4. The van der Waals surface area contributed by atoms with Crippen LogP contribution in [0.2, 0.25) is 0 Å². The van der Waals surface area contributed by atoms with Gasteiger partial charge in [0.15, 0.2) is 0 Å². The zero-order chi connectivity index (χ0) is 15.4. The van der Waals surface area contributed by atoms with Crippen molar-refractivity contribution in [3.05, 3.63) is 29.3 Å². The number of fused-ring (bicyclic) bond motifs is 1. The number of aliphatic carboxylic acids is 1. The molecule has 21 heavy (non-hydrogen) atoms. The molecule has 1 unspecified atom stereocenters. The number of hydrogen-bond donors (Lipinski definition) is 4. The summed E-state index contributed by atoms with van der Waals surface area (Å²) >= 11 is 0. The number of rotatable bonds is 5. The van der Waals surface area contributed by atoms with Gasteiger partial charge in [-0.15, -0.1) is 0 Å². The van der Waals surface area contributed by atoms with Crippen molar-refractivity contribution in [3.8, 4) is 5.75 Å². The van der Waals surface area contributed by atoms with Crippen molar-refractivity contribution < 1.29 is 24.9 Å². The molecule has 0 saturated carbocycles. The molecular weight excluding hydrogens is 274 g/mol. The molecule has 0 radical (unpaired) electrons. The average Bonchev–Trinajstić information content (AvgIpc) is 2.46. The molecule has 0 aromatic heterocycles. The van der Waals surface area contributed by atoms with Gasteiger partial charge < -0.3 is 20.6 Å². The first-order valence-electron chi connectivity index (χ1n) is 6.99. The van der Waals surface area contributed by atoms with Crippen LogP contribution in [-0.2, 0) is 16.0 Å². The number of carboxylic acid groups (broad SMARTS) is 1. The summed E-state index contributed by atoms with van der Waals surface area (Å²) in [7, 11) is 0. The Hall–Kier alpha value is -2.08.